The average Bonchev–Trinajstić information content (AvgIpc) is 2.72. The van der Waals surface area contributed by atoms with E-state index < -0.39 is 0 Å². The van der Waals surface area contributed by atoms with Gasteiger partial charge in [0.1, 0.15) is 11.9 Å². The van der Waals surface area contributed by atoms with E-state index in [9.17, 15) is 9.59 Å². The number of carbonyl (C=O) groups excluding carboxylic acids is 2. The second-order valence-electron chi connectivity index (χ2n) is 8.81. The van der Waals surface area contributed by atoms with Gasteiger partial charge in [-0.2, -0.15) is 0 Å². The van der Waals surface area contributed by atoms with Crippen molar-refractivity contribution < 1.29 is 14.3 Å². The van der Waals surface area contributed by atoms with Crippen LogP contribution in [0.4, 0.5) is 0 Å². The number of fused-ring (bicyclic) bond motifs is 3. The monoisotopic (exact) mass is 316 g/mol. The average molecular weight is 316 g/mol. The van der Waals surface area contributed by atoms with Crippen molar-refractivity contribution in [3.05, 3.63) is 12.2 Å². The molecule has 0 N–H and O–H groups in total. The van der Waals surface area contributed by atoms with Crippen molar-refractivity contribution in [2.45, 2.75) is 71.3 Å². The van der Waals surface area contributed by atoms with Gasteiger partial charge in [-0.1, -0.05) is 19.1 Å². The zero-order chi connectivity index (χ0) is 16.4. The summed E-state index contributed by atoms with van der Waals surface area (Å²) in [6, 6.07) is 0. The highest BCUT2D eigenvalue weighted by atomic mass is 16.5. The molecular formula is C20H28O3. The zero-order valence-corrected chi connectivity index (χ0v) is 14.4. The molecule has 0 aliphatic heterocycles. The molecule has 0 amide bonds. The van der Waals surface area contributed by atoms with Crippen LogP contribution in [-0.2, 0) is 14.3 Å². The van der Waals surface area contributed by atoms with Crippen molar-refractivity contribution in [1.82, 2.24) is 0 Å². The fraction of sp³-hybridized carbons (Fsp3) is 0.800. The summed E-state index contributed by atoms with van der Waals surface area (Å²) in [6.45, 7) is 8.19. The first-order valence-corrected chi connectivity index (χ1v) is 9.24. The van der Waals surface area contributed by atoms with Gasteiger partial charge < -0.3 is 4.74 Å². The Hall–Kier alpha value is -1.12. The molecule has 4 fully saturated rings. The van der Waals surface area contributed by atoms with E-state index in [0.29, 0.717) is 24.0 Å². The molecule has 0 saturated heterocycles. The van der Waals surface area contributed by atoms with Gasteiger partial charge in [-0.05, 0) is 62.2 Å². The first-order chi connectivity index (χ1) is 10.9. The number of carbonyl (C=O) groups is 2. The largest absolute Gasteiger partial charge is 0.462 e. The third kappa shape index (κ3) is 2.01. The molecule has 0 unspecified atom stereocenters. The lowest BCUT2D eigenvalue weighted by atomic mass is 9.44. The lowest BCUT2D eigenvalue weighted by Crippen LogP contribution is -2.60. The molecule has 0 aromatic heterocycles. The summed E-state index contributed by atoms with van der Waals surface area (Å²) in [5.74, 6) is 1.39. The summed E-state index contributed by atoms with van der Waals surface area (Å²) < 4.78 is 5.84. The van der Waals surface area contributed by atoms with E-state index >= 15 is 0 Å². The molecule has 23 heavy (non-hydrogen) atoms. The molecule has 3 nitrogen and oxygen atoms in total. The van der Waals surface area contributed by atoms with Crippen molar-refractivity contribution >= 4 is 11.8 Å². The molecule has 0 aromatic carbocycles. The Morgan fingerprint density at radius 3 is 2.87 bits per heavy atom. The predicted octanol–water partition coefficient (Wildman–Crippen LogP) is 4.06. The van der Waals surface area contributed by atoms with E-state index in [1.807, 2.05) is 0 Å². The Balaban J connectivity index is 1.79. The molecule has 4 aliphatic carbocycles. The maximum atomic E-state index is 12.6. The number of hydrogen-bond donors (Lipinski definition) is 0. The molecular weight excluding hydrogens is 288 g/mol. The molecule has 2 bridgehead atoms. The molecule has 4 rings (SSSR count). The van der Waals surface area contributed by atoms with Gasteiger partial charge in [-0.3, -0.25) is 9.59 Å². The van der Waals surface area contributed by atoms with Gasteiger partial charge in [0.15, 0.2) is 0 Å². The van der Waals surface area contributed by atoms with Gasteiger partial charge in [0.2, 0.25) is 0 Å². The summed E-state index contributed by atoms with van der Waals surface area (Å²) >= 11 is 0. The van der Waals surface area contributed by atoms with E-state index in [-0.39, 0.29) is 28.8 Å². The van der Waals surface area contributed by atoms with Gasteiger partial charge >= 0.3 is 5.97 Å². The summed E-state index contributed by atoms with van der Waals surface area (Å²) in [7, 11) is 0. The van der Waals surface area contributed by atoms with Crippen LogP contribution in [0.25, 0.3) is 0 Å². The zero-order valence-electron chi connectivity index (χ0n) is 14.4. The van der Waals surface area contributed by atoms with Gasteiger partial charge in [0.25, 0.3) is 0 Å². The molecule has 0 heterocycles. The minimum Gasteiger partial charge on any atom is -0.462 e. The van der Waals surface area contributed by atoms with Crippen LogP contribution in [-0.4, -0.2) is 17.9 Å². The maximum absolute atomic E-state index is 12.6. The maximum Gasteiger partial charge on any atom is 0.302 e. The molecule has 0 aromatic rings. The van der Waals surface area contributed by atoms with Gasteiger partial charge in [-0.25, -0.2) is 0 Å². The lowest BCUT2D eigenvalue weighted by molar-refractivity contribution is -0.195. The van der Waals surface area contributed by atoms with Gasteiger partial charge in [0, 0.05) is 24.7 Å². The highest BCUT2D eigenvalue weighted by molar-refractivity contribution is 5.83. The highest BCUT2D eigenvalue weighted by Crippen LogP contribution is 2.70. The number of ketones is 1. The quantitative estimate of drug-likeness (QED) is 0.541. The van der Waals surface area contributed by atoms with Crippen LogP contribution in [0.1, 0.15) is 65.2 Å². The van der Waals surface area contributed by atoms with Crippen LogP contribution >= 0.6 is 0 Å². The van der Waals surface area contributed by atoms with E-state index in [1.54, 1.807) is 0 Å². The fourth-order valence-corrected chi connectivity index (χ4v) is 6.92. The summed E-state index contributed by atoms with van der Waals surface area (Å²) in [5.41, 5.74) is 1.50. The van der Waals surface area contributed by atoms with Crippen molar-refractivity contribution in [3.63, 3.8) is 0 Å². The summed E-state index contributed by atoms with van der Waals surface area (Å²) in [4.78, 5) is 24.4. The number of esters is 1. The number of ether oxygens (including phenoxy) is 1. The van der Waals surface area contributed by atoms with Crippen molar-refractivity contribution in [3.8, 4) is 0 Å². The predicted molar refractivity (Wildman–Crippen MR) is 87.6 cm³/mol. The number of hydrogen-bond acceptors (Lipinski definition) is 3. The Labute approximate surface area is 138 Å². The molecule has 3 heteroatoms. The molecule has 4 saturated carbocycles. The normalized spacial score (nSPS) is 48.6. The van der Waals surface area contributed by atoms with Crippen LogP contribution in [0, 0.1) is 28.6 Å². The van der Waals surface area contributed by atoms with Crippen LogP contribution in [0.2, 0.25) is 0 Å². The smallest absolute Gasteiger partial charge is 0.302 e. The van der Waals surface area contributed by atoms with Crippen LogP contribution < -0.4 is 0 Å². The molecule has 0 radical (unpaired) electrons. The molecule has 6 atom stereocenters. The Kier molecular flexibility index (Phi) is 3.31. The van der Waals surface area contributed by atoms with Crippen molar-refractivity contribution in [2.24, 2.45) is 28.6 Å². The molecule has 4 aliphatic rings. The van der Waals surface area contributed by atoms with Crippen molar-refractivity contribution in [2.75, 3.05) is 0 Å². The second kappa shape index (κ2) is 4.94. The van der Waals surface area contributed by atoms with E-state index in [1.165, 1.54) is 25.3 Å². The van der Waals surface area contributed by atoms with Crippen molar-refractivity contribution in [1.29, 1.82) is 0 Å². The fourth-order valence-electron chi connectivity index (χ4n) is 6.92. The third-order valence-corrected chi connectivity index (χ3v) is 7.78. The summed E-state index contributed by atoms with van der Waals surface area (Å²) in [6.07, 6.45) is 8.03. The second-order valence-corrected chi connectivity index (χ2v) is 8.81. The lowest BCUT2D eigenvalue weighted by Gasteiger charge is -2.61. The van der Waals surface area contributed by atoms with E-state index in [0.717, 1.165) is 32.1 Å². The molecule has 126 valence electrons. The number of rotatable bonds is 1. The standard InChI is InChI=1S/C20H28O3/c1-12-10-20-11-14(12)6-7-17(20)19(3)8-4-5-16(22)15(19)9-18(20)23-13(2)21/h14-15,17-18H,1,4-11H2,2-3H3/t14-,15-,17+,18-,19-,20+/m1/s1. The van der Waals surface area contributed by atoms with Crippen LogP contribution in [0.3, 0.4) is 0 Å². The number of Topliss-reactive ketones (excluding diaryl/α,β-unsaturated/α-hetero) is 1. The Bertz CT molecular complexity index is 579. The topological polar surface area (TPSA) is 43.4 Å². The number of allylic oxidation sites excluding steroid dienone is 1. The SMILES string of the molecule is C=C1C[C@]23C[C@H]1CC[C@H]2[C@]1(C)CCCC(=O)[C@H]1C[C@H]3OC(C)=O. The molecule has 1 spiro atoms. The van der Waals surface area contributed by atoms with Crippen LogP contribution in [0.15, 0.2) is 12.2 Å². The third-order valence-electron chi connectivity index (χ3n) is 7.78. The summed E-state index contributed by atoms with van der Waals surface area (Å²) in [5, 5.41) is 0. The van der Waals surface area contributed by atoms with Gasteiger partial charge in [0.05, 0.1) is 0 Å². The first kappa shape index (κ1) is 15.4. The van der Waals surface area contributed by atoms with E-state index in [2.05, 4.69) is 13.5 Å². The van der Waals surface area contributed by atoms with E-state index in [4.69, 9.17) is 4.74 Å². The van der Waals surface area contributed by atoms with Crippen LogP contribution in [0.5, 0.6) is 0 Å². The Morgan fingerprint density at radius 1 is 1.35 bits per heavy atom. The highest BCUT2D eigenvalue weighted by Gasteiger charge is 2.66. The van der Waals surface area contributed by atoms with Gasteiger partial charge in [-0.15, -0.1) is 0 Å². The minimum atomic E-state index is -0.199. The Morgan fingerprint density at radius 2 is 2.13 bits per heavy atom. The minimum absolute atomic E-state index is 0.0501. The first-order valence-electron chi connectivity index (χ1n) is 9.24.